The van der Waals surface area contributed by atoms with Crippen LogP contribution in [0.25, 0.3) is 0 Å². The first-order chi connectivity index (χ1) is 10.7. The number of piperidine rings is 1. The minimum Gasteiger partial charge on any atom is -0.355 e. The summed E-state index contributed by atoms with van der Waals surface area (Å²) in [6.07, 6.45) is 5.09. The van der Waals surface area contributed by atoms with Crippen LogP contribution in [-0.4, -0.2) is 62.1 Å². The van der Waals surface area contributed by atoms with Crippen molar-refractivity contribution in [1.82, 2.24) is 15.1 Å². The summed E-state index contributed by atoms with van der Waals surface area (Å²) in [5.74, 6) is 1.01. The highest BCUT2D eigenvalue weighted by Crippen LogP contribution is 2.15. The Balaban J connectivity index is 0.00000264. The van der Waals surface area contributed by atoms with Crippen molar-refractivity contribution in [3.8, 4) is 0 Å². The van der Waals surface area contributed by atoms with Crippen LogP contribution in [0, 0.1) is 0 Å². The number of thiophene rings is 1. The Kier molecular flexibility index (Phi) is 10.1. The summed E-state index contributed by atoms with van der Waals surface area (Å²) in [7, 11) is 4.00. The number of hydrogen-bond acceptors (Lipinski definition) is 3. The van der Waals surface area contributed by atoms with Crippen LogP contribution in [0.3, 0.4) is 0 Å². The van der Waals surface area contributed by atoms with Crippen LogP contribution in [0.15, 0.2) is 22.5 Å². The van der Waals surface area contributed by atoms with Crippen molar-refractivity contribution < 1.29 is 0 Å². The SMILES string of the molecule is CCN1CCCCC1CNC(=NC)N(C)CCc1cccs1.I. The maximum absolute atomic E-state index is 4.44. The van der Waals surface area contributed by atoms with Crippen LogP contribution in [0.4, 0.5) is 0 Å². The fourth-order valence-electron chi connectivity index (χ4n) is 3.14. The lowest BCUT2D eigenvalue weighted by Gasteiger charge is -2.35. The van der Waals surface area contributed by atoms with Crippen molar-refractivity contribution in [3.05, 3.63) is 22.4 Å². The molecule has 0 aliphatic carbocycles. The summed E-state index contributed by atoms with van der Waals surface area (Å²) in [6, 6.07) is 4.98. The Morgan fingerprint density at radius 1 is 1.48 bits per heavy atom. The van der Waals surface area contributed by atoms with E-state index in [0.29, 0.717) is 6.04 Å². The molecule has 132 valence electrons. The van der Waals surface area contributed by atoms with Crippen molar-refractivity contribution in [3.63, 3.8) is 0 Å². The maximum Gasteiger partial charge on any atom is 0.193 e. The van der Waals surface area contributed by atoms with Gasteiger partial charge in [0, 0.05) is 38.1 Å². The van der Waals surface area contributed by atoms with Crippen LogP contribution in [0.2, 0.25) is 0 Å². The second-order valence-electron chi connectivity index (χ2n) is 5.96. The monoisotopic (exact) mass is 450 g/mol. The molecule has 1 fully saturated rings. The molecule has 6 heteroatoms. The van der Waals surface area contributed by atoms with Gasteiger partial charge in [-0.2, -0.15) is 0 Å². The lowest BCUT2D eigenvalue weighted by molar-refractivity contribution is 0.157. The molecule has 0 amide bonds. The zero-order valence-corrected chi connectivity index (χ0v) is 17.8. The fourth-order valence-corrected chi connectivity index (χ4v) is 3.84. The molecule has 0 saturated carbocycles. The molecule has 1 aromatic heterocycles. The van der Waals surface area contributed by atoms with E-state index in [1.807, 2.05) is 18.4 Å². The number of likely N-dealkylation sites (N-methyl/N-ethyl adjacent to an activating group) is 2. The van der Waals surface area contributed by atoms with Gasteiger partial charge in [0.25, 0.3) is 0 Å². The van der Waals surface area contributed by atoms with E-state index < -0.39 is 0 Å². The van der Waals surface area contributed by atoms with Crippen LogP contribution in [0.1, 0.15) is 31.1 Å². The molecule has 1 aliphatic rings. The minimum absolute atomic E-state index is 0. The van der Waals surface area contributed by atoms with Gasteiger partial charge < -0.3 is 10.2 Å². The number of nitrogens with one attached hydrogen (secondary N) is 1. The van der Waals surface area contributed by atoms with Gasteiger partial charge in [0.15, 0.2) is 5.96 Å². The maximum atomic E-state index is 4.44. The number of aliphatic imine (C=N–C) groups is 1. The number of hydrogen-bond donors (Lipinski definition) is 1. The van der Waals surface area contributed by atoms with Crippen molar-refractivity contribution >= 4 is 41.3 Å². The zero-order valence-electron chi connectivity index (χ0n) is 14.6. The Bertz CT molecular complexity index is 449. The lowest BCUT2D eigenvalue weighted by Crippen LogP contribution is -2.49. The highest BCUT2D eigenvalue weighted by atomic mass is 127. The Morgan fingerprint density at radius 3 is 2.96 bits per heavy atom. The average Bonchev–Trinajstić information content (AvgIpc) is 3.07. The van der Waals surface area contributed by atoms with Gasteiger partial charge in [0.05, 0.1) is 0 Å². The van der Waals surface area contributed by atoms with E-state index in [-0.39, 0.29) is 24.0 Å². The van der Waals surface area contributed by atoms with E-state index in [2.05, 4.69) is 51.6 Å². The standard InChI is InChI=1S/C17H30N4S.HI/c1-4-21-11-6-5-8-15(21)14-19-17(18-2)20(3)12-10-16-9-7-13-22-16;/h7,9,13,15H,4-6,8,10-12,14H2,1-3H3,(H,18,19);1H. The van der Waals surface area contributed by atoms with Gasteiger partial charge >= 0.3 is 0 Å². The number of likely N-dealkylation sites (tertiary alicyclic amines) is 1. The first kappa shape index (κ1) is 20.7. The second kappa shape index (κ2) is 11.3. The number of guanidine groups is 1. The number of halogens is 1. The van der Waals surface area contributed by atoms with Gasteiger partial charge in [-0.15, -0.1) is 35.3 Å². The van der Waals surface area contributed by atoms with E-state index in [1.165, 1.54) is 30.7 Å². The Labute approximate surface area is 162 Å². The second-order valence-corrected chi connectivity index (χ2v) is 6.99. The van der Waals surface area contributed by atoms with Gasteiger partial charge in [0.1, 0.15) is 0 Å². The van der Waals surface area contributed by atoms with Crippen LogP contribution in [0.5, 0.6) is 0 Å². The lowest BCUT2D eigenvalue weighted by atomic mass is 10.0. The smallest absolute Gasteiger partial charge is 0.193 e. The Morgan fingerprint density at radius 2 is 2.30 bits per heavy atom. The van der Waals surface area contributed by atoms with E-state index in [0.717, 1.165) is 32.0 Å². The predicted molar refractivity (Wildman–Crippen MR) is 112 cm³/mol. The largest absolute Gasteiger partial charge is 0.355 e. The van der Waals surface area contributed by atoms with Gasteiger partial charge in [-0.25, -0.2) is 0 Å². The molecule has 1 N–H and O–H groups in total. The summed E-state index contributed by atoms with van der Waals surface area (Å²) in [6.45, 7) is 6.67. The minimum atomic E-state index is 0. The highest BCUT2D eigenvalue weighted by molar-refractivity contribution is 14.0. The molecule has 1 aromatic rings. The van der Waals surface area contributed by atoms with E-state index in [9.17, 15) is 0 Å². The third-order valence-corrected chi connectivity index (χ3v) is 5.43. The summed E-state index contributed by atoms with van der Waals surface area (Å²) in [5.41, 5.74) is 0. The third-order valence-electron chi connectivity index (χ3n) is 4.50. The van der Waals surface area contributed by atoms with Crippen molar-refractivity contribution in [1.29, 1.82) is 0 Å². The van der Waals surface area contributed by atoms with Crippen molar-refractivity contribution in [2.75, 3.05) is 40.3 Å². The number of nitrogens with zero attached hydrogens (tertiary/aromatic N) is 3. The molecular formula is C17H31IN4S. The summed E-state index contributed by atoms with van der Waals surface area (Å²) in [4.78, 5) is 10.7. The molecule has 4 nitrogen and oxygen atoms in total. The molecule has 2 heterocycles. The fraction of sp³-hybridized carbons (Fsp3) is 0.706. The van der Waals surface area contributed by atoms with Crippen LogP contribution in [-0.2, 0) is 6.42 Å². The van der Waals surface area contributed by atoms with Crippen molar-refractivity contribution in [2.45, 2.75) is 38.6 Å². The van der Waals surface area contributed by atoms with Crippen LogP contribution >= 0.6 is 35.3 Å². The quantitative estimate of drug-likeness (QED) is 0.410. The molecule has 1 atom stereocenters. The number of rotatable bonds is 6. The summed E-state index contributed by atoms with van der Waals surface area (Å²) < 4.78 is 0. The van der Waals surface area contributed by atoms with Gasteiger partial charge in [-0.1, -0.05) is 19.4 Å². The molecule has 0 spiro atoms. The zero-order chi connectivity index (χ0) is 15.8. The summed E-state index contributed by atoms with van der Waals surface area (Å²) >= 11 is 1.83. The van der Waals surface area contributed by atoms with Gasteiger partial charge in [-0.3, -0.25) is 9.89 Å². The molecule has 1 aliphatic heterocycles. The molecule has 1 unspecified atom stereocenters. The average molecular weight is 450 g/mol. The first-order valence-electron chi connectivity index (χ1n) is 8.42. The molecule has 2 rings (SSSR count). The molecular weight excluding hydrogens is 419 g/mol. The molecule has 0 radical (unpaired) electrons. The van der Waals surface area contributed by atoms with E-state index in [1.54, 1.807) is 0 Å². The molecule has 23 heavy (non-hydrogen) atoms. The van der Waals surface area contributed by atoms with E-state index >= 15 is 0 Å². The first-order valence-corrected chi connectivity index (χ1v) is 9.30. The van der Waals surface area contributed by atoms with Crippen molar-refractivity contribution in [2.24, 2.45) is 4.99 Å². The molecule has 0 bridgehead atoms. The molecule has 0 aromatic carbocycles. The van der Waals surface area contributed by atoms with E-state index in [4.69, 9.17) is 0 Å². The van der Waals surface area contributed by atoms with Gasteiger partial charge in [-0.05, 0) is 43.8 Å². The highest BCUT2D eigenvalue weighted by Gasteiger charge is 2.21. The topological polar surface area (TPSA) is 30.9 Å². The van der Waals surface area contributed by atoms with Crippen LogP contribution < -0.4 is 5.32 Å². The van der Waals surface area contributed by atoms with Gasteiger partial charge in [0.2, 0.25) is 0 Å². The third kappa shape index (κ3) is 6.58. The molecule has 1 saturated heterocycles. The summed E-state index contributed by atoms with van der Waals surface area (Å²) in [5, 5.41) is 5.71. The normalized spacial score (nSPS) is 19.3. The predicted octanol–water partition coefficient (Wildman–Crippen LogP) is 3.29. The Hall–Kier alpha value is -0.340.